The largest absolute Gasteiger partial charge is 0.378 e. The Balaban J connectivity index is 1.69. The van der Waals surface area contributed by atoms with Crippen molar-refractivity contribution in [1.82, 2.24) is 9.80 Å². The molecule has 0 aromatic rings. The van der Waals surface area contributed by atoms with Crippen LogP contribution in [0.3, 0.4) is 0 Å². The maximum atomic E-state index is 12.9. The summed E-state index contributed by atoms with van der Waals surface area (Å²) in [5.41, 5.74) is 3.68. The Hall–Kier alpha value is -1.77. The number of nitrogens with zero attached hydrogens (tertiary/aromatic N) is 2. The molecule has 0 amide bonds. The van der Waals surface area contributed by atoms with Gasteiger partial charge in [0.2, 0.25) is 0 Å². The predicted molar refractivity (Wildman–Crippen MR) is 94.7 cm³/mol. The molecule has 0 saturated heterocycles. The zero-order valence-electron chi connectivity index (χ0n) is 14.7. The van der Waals surface area contributed by atoms with Crippen LogP contribution in [0.15, 0.2) is 47.3 Å². The molecule has 1 saturated carbocycles. The molecule has 3 atom stereocenters. The Morgan fingerprint density at radius 3 is 2.48 bits per heavy atom. The zero-order chi connectivity index (χ0) is 16.6. The number of rotatable bonds is 6. The maximum Gasteiger partial charge on any atom is 0.166 e. The molecular weight excluding hydrogens is 284 g/mol. The molecule has 3 nitrogen and oxygen atoms in total. The van der Waals surface area contributed by atoms with Crippen molar-refractivity contribution in [1.29, 1.82) is 0 Å². The van der Waals surface area contributed by atoms with Gasteiger partial charge in [0.25, 0.3) is 0 Å². The minimum Gasteiger partial charge on any atom is -0.378 e. The van der Waals surface area contributed by atoms with E-state index in [-0.39, 0.29) is 5.92 Å². The first-order valence-corrected chi connectivity index (χ1v) is 8.83. The maximum absolute atomic E-state index is 12.9. The van der Waals surface area contributed by atoms with Gasteiger partial charge in [-0.3, -0.25) is 4.79 Å². The Bertz CT molecular complexity index is 611. The zero-order valence-corrected chi connectivity index (χ0v) is 14.7. The molecule has 0 bridgehead atoms. The lowest BCUT2D eigenvalue weighted by Gasteiger charge is -2.25. The van der Waals surface area contributed by atoms with E-state index < -0.39 is 0 Å². The van der Waals surface area contributed by atoms with Crippen LogP contribution in [0, 0.1) is 17.8 Å². The number of hydrogen-bond donors (Lipinski definition) is 0. The van der Waals surface area contributed by atoms with Crippen LogP contribution in [0.25, 0.3) is 0 Å². The van der Waals surface area contributed by atoms with E-state index in [1.165, 1.54) is 11.4 Å². The van der Waals surface area contributed by atoms with Gasteiger partial charge in [-0.1, -0.05) is 18.2 Å². The molecule has 0 aromatic carbocycles. The van der Waals surface area contributed by atoms with Crippen LogP contribution in [0.5, 0.6) is 0 Å². The molecule has 3 aliphatic rings. The lowest BCUT2D eigenvalue weighted by atomic mass is 9.86. The Morgan fingerprint density at radius 1 is 1.13 bits per heavy atom. The second-order valence-electron chi connectivity index (χ2n) is 6.89. The smallest absolute Gasteiger partial charge is 0.166 e. The van der Waals surface area contributed by atoms with Gasteiger partial charge in [-0.2, -0.15) is 0 Å². The number of Topliss-reactive ketones (excluding diaryl/α,β-unsaturated/α-hetero) is 1. The molecule has 3 unspecified atom stereocenters. The van der Waals surface area contributed by atoms with Crippen LogP contribution in [-0.2, 0) is 4.79 Å². The fourth-order valence-corrected chi connectivity index (χ4v) is 3.63. The summed E-state index contributed by atoms with van der Waals surface area (Å²) >= 11 is 0. The molecule has 0 radical (unpaired) electrons. The minimum atomic E-state index is 0.0235. The minimum absolute atomic E-state index is 0.0235. The van der Waals surface area contributed by atoms with Crippen molar-refractivity contribution in [2.75, 3.05) is 27.2 Å². The third-order valence-corrected chi connectivity index (χ3v) is 5.54. The van der Waals surface area contributed by atoms with Gasteiger partial charge in [0, 0.05) is 50.4 Å². The van der Waals surface area contributed by atoms with E-state index in [4.69, 9.17) is 0 Å². The molecule has 3 heteroatoms. The third kappa shape index (κ3) is 3.01. The Kier molecular flexibility index (Phi) is 4.47. The fourth-order valence-electron chi connectivity index (χ4n) is 3.63. The van der Waals surface area contributed by atoms with E-state index in [2.05, 4.69) is 68.1 Å². The van der Waals surface area contributed by atoms with Crippen LogP contribution in [0.4, 0.5) is 0 Å². The summed E-state index contributed by atoms with van der Waals surface area (Å²) in [5.74, 6) is 1.40. The summed E-state index contributed by atoms with van der Waals surface area (Å²) in [7, 11) is 4.23. The molecule has 1 fully saturated rings. The third-order valence-electron chi connectivity index (χ3n) is 5.54. The highest BCUT2D eigenvalue weighted by Gasteiger charge is 2.47. The molecule has 0 aromatic heterocycles. The van der Waals surface area contributed by atoms with Gasteiger partial charge in [-0.05, 0) is 50.3 Å². The highest BCUT2D eigenvalue weighted by Crippen LogP contribution is 2.52. The first kappa shape index (κ1) is 16.1. The predicted octanol–water partition coefficient (Wildman–Crippen LogP) is 3.38. The second kappa shape index (κ2) is 6.38. The molecule has 124 valence electrons. The summed E-state index contributed by atoms with van der Waals surface area (Å²) in [6, 6.07) is 0. The van der Waals surface area contributed by atoms with Gasteiger partial charge in [-0.15, -0.1) is 0 Å². The van der Waals surface area contributed by atoms with E-state index in [1.54, 1.807) is 0 Å². The number of allylic oxidation sites excluding steroid dienone is 7. The van der Waals surface area contributed by atoms with Crippen LogP contribution in [0.1, 0.15) is 26.7 Å². The van der Waals surface area contributed by atoms with Crippen molar-refractivity contribution in [2.45, 2.75) is 26.7 Å². The van der Waals surface area contributed by atoms with Gasteiger partial charge in [0.05, 0.1) is 0 Å². The lowest BCUT2D eigenvalue weighted by Crippen LogP contribution is -2.24. The van der Waals surface area contributed by atoms with Crippen molar-refractivity contribution < 1.29 is 4.79 Å². The van der Waals surface area contributed by atoms with Gasteiger partial charge < -0.3 is 9.80 Å². The molecule has 23 heavy (non-hydrogen) atoms. The molecule has 0 N–H and O–H groups in total. The number of carbonyl (C=O) groups is 1. The first-order valence-electron chi connectivity index (χ1n) is 8.83. The molecule has 3 rings (SSSR count). The van der Waals surface area contributed by atoms with Gasteiger partial charge in [0.15, 0.2) is 5.78 Å². The van der Waals surface area contributed by atoms with Crippen LogP contribution < -0.4 is 0 Å². The molecule has 0 aliphatic heterocycles. The van der Waals surface area contributed by atoms with Crippen LogP contribution in [0.2, 0.25) is 0 Å². The molecule has 0 heterocycles. The number of ketones is 1. The number of likely N-dealkylation sites (N-methyl/N-ethyl adjacent to an activating group) is 1. The van der Waals surface area contributed by atoms with E-state index >= 15 is 0 Å². The van der Waals surface area contributed by atoms with E-state index in [9.17, 15) is 4.79 Å². The van der Waals surface area contributed by atoms with Crippen molar-refractivity contribution in [2.24, 2.45) is 17.8 Å². The summed E-state index contributed by atoms with van der Waals surface area (Å²) in [5, 5.41) is 0. The Morgan fingerprint density at radius 2 is 1.87 bits per heavy atom. The van der Waals surface area contributed by atoms with Crippen molar-refractivity contribution in [3.63, 3.8) is 0 Å². The van der Waals surface area contributed by atoms with Crippen molar-refractivity contribution >= 4 is 5.78 Å². The Labute approximate surface area is 140 Å². The summed E-state index contributed by atoms with van der Waals surface area (Å²) in [4.78, 5) is 17.4. The van der Waals surface area contributed by atoms with Gasteiger partial charge in [-0.25, -0.2) is 0 Å². The van der Waals surface area contributed by atoms with Crippen molar-refractivity contribution in [3.05, 3.63) is 47.3 Å². The SMILES string of the molecule is CCN(C)C1=CCC(C(=O)C2=CC=C(N(C)CC)C3CC23)C=C1. The van der Waals surface area contributed by atoms with Crippen LogP contribution >= 0.6 is 0 Å². The molecular formula is C20H28N2O. The summed E-state index contributed by atoms with van der Waals surface area (Å²) < 4.78 is 0. The summed E-state index contributed by atoms with van der Waals surface area (Å²) in [6.45, 7) is 6.33. The van der Waals surface area contributed by atoms with E-state index in [0.717, 1.165) is 31.5 Å². The molecule has 3 aliphatic carbocycles. The summed E-state index contributed by atoms with van der Waals surface area (Å²) in [6.07, 6.45) is 12.6. The lowest BCUT2D eigenvalue weighted by molar-refractivity contribution is -0.118. The van der Waals surface area contributed by atoms with Crippen molar-refractivity contribution in [3.8, 4) is 0 Å². The van der Waals surface area contributed by atoms with Gasteiger partial charge >= 0.3 is 0 Å². The number of fused-ring (bicyclic) bond motifs is 1. The number of carbonyl (C=O) groups excluding carboxylic acids is 1. The standard InChI is InChI=1S/C20H28N2O/c1-5-21(3)15-9-7-14(8-10-15)20(23)16-11-12-19(22(4)6-2)18-13-17(16)18/h7,9-12,14,17-18H,5-6,8,13H2,1-4H3. The monoisotopic (exact) mass is 312 g/mol. The average molecular weight is 312 g/mol. The average Bonchev–Trinajstić information content (AvgIpc) is 3.39. The normalized spacial score (nSPS) is 28.3. The first-order chi connectivity index (χ1) is 11.1. The van der Waals surface area contributed by atoms with Crippen LogP contribution in [-0.4, -0.2) is 42.8 Å². The highest BCUT2D eigenvalue weighted by atomic mass is 16.1. The topological polar surface area (TPSA) is 23.6 Å². The van der Waals surface area contributed by atoms with E-state index in [1.807, 2.05) is 0 Å². The molecule has 0 spiro atoms. The highest BCUT2D eigenvalue weighted by molar-refractivity contribution is 6.00. The quantitative estimate of drug-likeness (QED) is 0.751. The van der Waals surface area contributed by atoms with E-state index in [0.29, 0.717) is 17.6 Å². The number of hydrogen-bond acceptors (Lipinski definition) is 3. The van der Waals surface area contributed by atoms with Gasteiger partial charge in [0.1, 0.15) is 0 Å². The fraction of sp³-hybridized carbons (Fsp3) is 0.550. The second-order valence-corrected chi connectivity index (χ2v) is 6.89.